The van der Waals surface area contributed by atoms with E-state index in [-0.39, 0.29) is 53.7 Å². The Bertz CT molecular complexity index is 1540. The van der Waals surface area contributed by atoms with Crippen molar-refractivity contribution in [1.82, 2.24) is 9.80 Å². The predicted molar refractivity (Wildman–Crippen MR) is 146 cm³/mol. The van der Waals surface area contributed by atoms with Crippen LogP contribution in [0.5, 0.6) is 5.75 Å². The van der Waals surface area contributed by atoms with Gasteiger partial charge in [0.25, 0.3) is 5.91 Å². The summed E-state index contributed by atoms with van der Waals surface area (Å²) in [6, 6.07) is -0.183. The van der Waals surface area contributed by atoms with E-state index in [1.807, 2.05) is 11.9 Å². The van der Waals surface area contributed by atoms with E-state index in [0.29, 0.717) is 18.5 Å². The molecule has 2 fully saturated rings. The molecule has 3 aliphatic carbocycles. The van der Waals surface area contributed by atoms with Crippen molar-refractivity contribution >= 4 is 28.9 Å². The van der Waals surface area contributed by atoms with E-state index < -0.39 is 76.5 Å². The lowest BCUT2D eigenvalue weighted by molar-refractivity contribution is -0.153. The van der Waals surface area contributed by atoms with Gasteiger partial charge >= 0.3 is 6.18 Å². The van der Waals surface area contributed by atoms with E-state index in [4.69, 9.17) is 5.73 Å². The minimum Gasteiger partial charge on any atom is -0.508 e. The standard InChI is InChI=1S/C29H33F3N4O7/c1-34(2)22-15-7-12-6-13-18(23(38)17(12)25(40)29(15,43)26(41)19(24(22)39)27(33)42)16(37)8-14-20-11(4-5-35(20)3)9-36(21(13)14)10-28(30,31)32/h8,11-12,15,20,22,37-38,41,43H,4-7,9-10H2,1-3H3,(H2,33,42)/t11?,12-,15-,20?,22-,29+/m1/s1. The van der Waals surface area contributed by atoms with Crippen LogP contribution in [0.4, 0.5) is 18.9 Å². The second-order valence-corrected chi connectivity index (χ2v) is 12.6. The summed E-state index contributed by atoms with van der Waals surface area (Å²) in [4.78, 5) is 44.1. The quantitative estimate of drug-likeness (QED) is 0.317. The van der Waals surface area contributed by atoms with E-state index in [0.717, 1.165) is 0 Å². The molecule has 1 saturated heterocycles. The van der Waals surface area contributed by atoms with Crippen LogP contribution in [0.3, 0.4) is 0 Å². The molecule has 14 heteroatoms. The Kier molecular flexibility index (Phi) is 6.46. The molecule has 0 spiro atoms. The summed E-state index contributed by atoms with van der Waals surface area (Å²) in [5.74, 6) is -8.05. The molecule has 0 radical (unpaired) electrons. The van der Waals surface area contributed by atoms with Gasteiger partial charge in [-0.05, 0) is 76.0 Å². The van der Waals surface area contributed by atoms with Gasteiger partial charge in [0.05, 0.1) is 11.6 Å². The number of carbonyl (C=O) groups is 3. The number of halogens is 3. The van der Waals surface area contributed by atoms with Gasteiger partial charge in [0.15, 0.2) is 11.4 Å². The fourth-order valence-electron chi connectivity index (χ4n) is 8.37. The molecule has 0 aromatic heterocycles. The fraction of sp³-hybridized carbons (Fsp3) is 0.552. The number of aromatic hydroxyl groups is 1. The molecule has 5 aliphatic rings. The molecule has 6 N–H and O–H groups in total. The largest absolute Gasteiger partial charge is 0.508 e. The number of anilines is 1. The van der Waals surface area contributed by atoms with Crippen molar-refractivity contribution in [3.63, 3.8) is 0 Å². The van der Waals surface area contributed by atoms with Crippen LogP contribution in [0.1, 0.15) is 35.6 Å². The van der Waals surface area contributed by atoms with Gasteiger partial charge in [-0.25, -0.2) is 0 Å². The first-order chi connectivity index (χ1) is 20.0. The monoisotopic (exact) mass is 606 g/mol. The molecule has 1 aromatic rings. The third-order valence-corrected chi connectivity index (χ3v) is 9.96. The first kappa shape index (κ1) is 29.5. The number of alkyl halides is 3. The number of hydrogen-bond acceptors (Lipinski definition) is 10. The van der Waals surface area contributed by atoms with Gasteiger partial charge in [0, 0.05) is 29.8 Å². The molecule has 1 aromatic carbocycles. The van der Waals surface area contributed by atoms with Gasteiger partial charge in [-0.15, -0.1) is 0 Å². The van der Waals surface area contributed by atoms with E-state index in [2.05, 4.69) is 0 Å². The number of likely N-dealkylation sites (tertiary alicyclic amines) is 1. The highest BCUT2D eigenvalue weighted by Gasteiger charge is 2.64. The lowest BCUT2D eigenvalue weighted by Crippen LogP contribution is -2.65. The van der Waals surface area contributed by atoms with Crippen LogP contribution >= 0.6 is 0 Å². The molecular weight excluding hydrogens is 573 g/mol. The maximum atomic E-state index is 14.0. The number of nitrogens with two attached hydrogens (primary N) is 1. The summed E-state index contributed by atoms with van der Waals surface area (Å²) in [6.45, 7) is -0.490. The van der Waals surface area contributed by atoms with Crippen LogP contribution in [-0.2, 0) is 20.8 Å². The Balaban J connectivity index is 1.57. The molecule has 1 saturated carbocycles. The molecule has 2 unspecified atom stereocenters. The van der Waals surface area contributed by atoms with Crippen molar-refractivity contribution in [2.75, 3.05) is 45.7 Å². The Morgan fingerprint density at radius 3 is 2.49 bits per heavy atom. The summed E-state index contributed by atoms with van der Waals surface area (Å²) in [6.07, 6.45) is -4.11. The number of aliphatic hydroxyl groups is 3. The average molecular weight is 607 g/mol. The Hall–Kier alpha value is -3.62. The number of phenolic OH excluding ortho intramolecular Hbond substituents is 1. The van der Waals surface area contributed by atoms with Crippen molar-refractivity contribution < 1.29 is 48.0 Å². The Labute approximate surface area is 244 Å². The lowest BCUT2D eigenvalue weighted by atomic mass is 9.57. The minimum absolute atomic E-state index is 0.0826. The highest BCUT2D eigenvalue weighted by molar-refractivity contribution is 6.24. The van der Waals surface area contributed by atoms with Crippen LogP contribution < -0.4 is 10.6 Å². The fourth-order valence-corrected chi connectivity index (χ4v) is 8.37. The van der Waals surface area contributed by atoms with Gasteiger partial charge in [-0.2, -0.15) is 13.2 Å². The van der Waals surface area contributed by atoms with Gasteiger partial charge in [0.1, 0.15) is 29.4 Å². The molecule has 0 bridgehead atoms. The van der Waals surface area contributed by atoms with Crippen molar-refractivity contribution in [3.8, 4) is 5.75 Å². The average Bonchev–Trinajstić information content (AvgIpc) is 3.25. The van der Waals surface area contributed by atoms with Crippen molar-refractivity contribution in [2.45, 2.75) is 43.1 Å². The normalized spacial score (nSPS) is 32.5. The first-order valence-electron chi connectivity index (χ1n) is 14.0. The number of hydrogen-bond donors (Lipinski definition) is 5. The van der Waals surface area contributed by atoms with Crippen LogP contribution in [0.15, 0.2) is 23.0 Å². The van der Waals surface area contributed by atoms with Crippen molar-refractivity contribution in [1.29, 1.82) is 0 Å². The SMILES string of the molecule is CN1CCC2CN(CC(F)(F)F)c3c(cc(O)c4c3C[C@@H]3C[C@@H]5[C@@H](N(C)C)C(=O)C(C(N)=O)=C(O)[C@@]5(O)C(=O)C3=C4O)C21. The van der Waals surface area contributed by atoms with Crippen molar-refractivity contribution in [2.24, 2.45) is 23.5 Å². The number of ketones is 2. The van der Waals surface area contributed by atoms with Crippen LogP contribution in [0.25, 0.3) is 5.76 Å². The number of primary amides is 1. The second-order valence-electron chi connectivity index (χ2n) is 12.6. The second kappa shape index (κ2) is 9.44. The number of likely N-dealkylation sites (N-methyl/N-ethyl adjacent to an activating group) is 1. The van der Waals surface area contributed by atoms with Gasteiger partial charge in [-0.3, -0.25) is 24.2 Å². The number of benzene rings is 1. The van der Waals surface area contributed by atoms with Crippen LogP contribution in [-0.4, -0.2) is 106 Å². The molecule has 232 valence electrons. The molecule has 1 amide bonds. The zero-order valence-corrected chi connectivity index (χ0v) is 23.8. The maximum absolute atomic E-state index is 14.0. The third-order valence-electron chi connectivity index (χ3n) is 9.96. The number of fused-ring (bicyclic) bond motifs is 7. The molecule has 11 nitrogen and oxygen atoms in total. The lowest BCUT2D eigenvalue weighted by Gasteiger charge is -2.50. The van der Waals surface area contributed by atoms with Crippen LogP contribution in [0, 0.1) is 17.8 Å². The van der Waals surface area contributed by atoms with E-state index in [1.54, 1.807) is 0 Å². The number of rotatable bonds is 3. The maximum Gasteiger partial charge on any atom is 0.405 e. The molecular formula is C29H33F3N4O7. The smallest absolute Gasteiger partial charge is 0.405 e. The Morgan fingerprint density at radius 1 is 1.21 bits per heavy atom. The number of carbonyl (C=O) groups excluding carboxylic acids is 3. The highest BCUT2D eigenvalue weighted by atomic mass is 19.4. The third kappa shape index (κ3) is 4.02. The molecule has 6 atom stereocenters. The molecule has 2 heterocycles. The Morgan fingerprint density at radius 2 is 1.88 bits per heavy atom. The van der Waals surface area contributed by atoms with Gasteiger partial charge < -0.3 is 31.1 Å². The number of phenols is 1. The zero-order valence-electron chi connectivity index (χ0n) is 23.8. The summed E-state index contributed by atoms with van der Waals surface area (Å²) >= 11 is 0. The van der Waals surface area contributed by atoms with E-state index >= 15 is 0 Å². The zero-order chi connectivity index (χ0) is 31.5. The predicted octanol–water partition coefficient (Wildman–Crippen LogP) is 1.34. The number of amides is 1. The van der Waals surface area contributed by atoms with Gasteiger partial charge in [0.2, 0.25) is 5.78 Å². The molecule has 6 rings (SSSR count). The summed E-state index contributed by atoms with van der Waals surface area (Å²) in [5, 5.41) is 45.5. The first-order valence-corrected chi connectivity index (χ1v) is 14.0. The summed E-state index contributed by atoms with van der Waals surface area (Å²) in [5.41, 5.74) is 2.03. The number of nitrogens with zero attached hydrogens (tertiary/aromatic N) is 3. The van der Waals surface area contributed by atoms with Crippen molar-refractivity contribution in [3.05, 3.63) is 39.7 Å². The topological polar surface area (TPSA) is 168 Å². The number of aliphatic hydroxyl groups excluding tert-OH is 2. The summed E-state index contributed by atoms with van der Waals surface area (Å²) in [7, 11) is 4.85. The van der Waals surface area contributed by atoms with E-state index in [1.165, 1.54) is 30.0 Å². The van der Waals surface area contributed by atoms with Crippen LogP contribution in [0.2, 0.25) is 0 Å². The minimum atomic E-state index is -4.54. The molecule has 43 heavy (non-hydrogen) atoms. The number of Topliss-reactive ketones (excluding diaryl/α,β-unsaturated/α-hetero) is 2. The summed E-state index contributed by atoms with van der Waals surface area (Å²) < 4.78 is 41.5. The van der Waals surface area contributed by atoms with Gasteiger partial charge in [-0.1, -0.05) is 0 Å². The van der Waals surface area contributed by atoms with E-state index in [9.17, 15) is 48.0 Å². The highest BCUT2D eigenvalue weighted by Crippen LogP contribution is 2.57. The molecule has 2 aliphatic heterocycles.